The zero-order valence-corrected chi connectivity index (χ0v) is 7.91. The van der Waals surface area contributed by atoms with Gasteiger partial charge in [-0.2, -0.15) is 0 Å². The number of aromatic hydroxyl groups is 1. The Balaban J connectivity index is 2.92. The summed E-state index contributed by atoms with van der Waals surface area (Å²) < 4.78 is 0.622. The van der Waals surface area contributed by atoms with Crippen LogP contribution >= 0.6 is 0 Å². The lowest BCUT2D eigenvalue weighted by molar-refractivity contribution is 0.0685. The minimum Gasteiger partial charge on any atom is -0.507 e. The number of hydrogen-bond donors (Lipinski definition) is 3. The van der Waals surface area contributed by atoms with Gasteiger partial charge in [0.05, 0.1) is 5.52 Å². The smallest absolute Gasteiger partial charge is 0.416 e. The molecule has 0 saturated heterocycles. The van der Waals surface area contributed by atoms with E-state index in [1.807, 2.05) is 0 Å². The molecule has 0 bridgehead atoms. The van der Waals surface area contributed by atoms with Crippen molar-refractivity contribution >= 4 is 23.0 Å². The first-order chi connectivity index (χ1) is 7.52. The first kappa shape index (κ1) is 10.0. The second kappa shape index (κ2) is 3.27. The maximum absolute atomic E-state index is 10.9. The summed E-state index contributed by atoms with van der Waals surface area (Å²) in [5.41, 5.74) is -0.256. The largest absolute Gasteiger partial charge is 0.507 e. The van der Waals surface area contributed by atoms with E-state index in [9.17, 15) is 14.7 Å². The molecule has 1 aromatic carbocycles. The van der Waals surface area contributed by atoms with Crippen LogP contribution in [0.25, 0.3) is 10.9 Å². The third-order valence-electron chi connectivity index (χ3n) is 2.23. The molecule has 16 heavy (non-hydrogen) atoms. The molecular formula is C10H7NO5. The third-order valence-corrected chi connectivity index (χ3v) is 2.23. The maximum Gasteiger partial charge on any atom is 0.416 e. The van der Waals surface area contributed by atoms with Gasteiger partial charge in [0.25, 0.3) is 0 Å². The van der Waals surface area contributed by atoms with Crippen LogP contribution in [0.3, 0.4) is 0 Å². The maximum atomic E-state index is 10.9. The molecule has 1 heterocycles. The molecular weight excluding hydrogens is 214 g/mol. The Morgan fingerprint density at radius 2 is 1.88 bits per heavy atom. The second-order valence-corrected chi connectivity index (χ2v) is 3.16. The number of nitrogens with zero attached hydrogens (tertiary/aromatic N) is 1. The zero-order valence-electron chi connectivity index (χ0n) is 7.91. The van der Waals surface area contributed by atoms with Crippen molar-refractivity contribution in [1.82, 2.24) is 4.57 Å². The van der Waals surface area contributed by atoms with Gasteiger partial charge < -0.3 is 15.3 Å². The fraction of sp³-hybridized carbons (Fsp3) is 0. The number of aromatic carboxylic acids is 1. The third kappa shape index (κ3) is 1.28. The van der Waals surface area contributed by atoms with Gasteiger partial charge in [-0.3, -0.25) is 0 Å². The second-order valence-electron chi connectivity index (χ2n) is 3.16. The SMILES string of the molecule is O=C(O)c1cc2c(O)cccc2n1C(=O)O. The van der Waals surface area contributed by atoms with Crippen molar-refractivity contribution in [2.24, 2.45) is 0 Å². The molecule has 3 N–H and O–H groups in total. The van der Waals surface area contributed by atoms with Gasteiger partial charge in [0.2, 0.25) is 0 Å². The number of rotatable bonds is 1. The number of phenolic OH excluding ortho intramolecular Hbond substituents is 1. The van der Waals surface area contributed by atoms with Gasteiger partial charge in [-0.25, -0.2) is 14.2 Å². The Labute approximate surface area is 89.0 Å². The number of carbonyl (C=O) groups is 2. The van der Waals surface area contributed by atoms with Crippen molar-refractivity contribution in [2.75, 3.05) is 0 Å². The summed E-state index contributed by atoms with van der Waals surface area (Å²) in [5, 5.41) is 27.4. The number of phenols is 1. The molecule has 0 radical (unpaired) electrons. The lowest BCUT2D eigenvalue weighted by Gasteiger charge is -2.00. The Kier molecular flexibility index (Phi) is 2.05. The minimum atomic E-state index is -1.40. The lowest BCUT2D eigenvalue weighted by atomic mass is 10.2. The van der Waals surface area contributed by atoms with Crippen molar-refractivity contribution in [3.8, 4) is 5.75 Å². The quantitative estimate of drug-likeness (QED) is 0.678. The molecule has 82 valence electrons. The summed E-state index contributed by atoms with van der Waals surface area (Å²) in [6, 6.07) is 5.36. The topological polar surface area (TPSA) is 99.8 Å². The number of benzene rings is 1. The van der Waals surface area contributed by atoms with Gasteiger partial charge in [-0.1, -0.05) is 6.07 Å². The number of carboxylic acid groups (broad SMARTS) is 2. The fourth-order valence-electron chi connectivity index (χ4n) is 1.58. The van der Waals surface area contributed by atoms with E-state index < -0.39 is 17.8 Å². The molecule has 6 nitrogen and oxygen atoms in total. The van der Waals surface area contributed by atoms with Crippen LogP contribution in [0.1, 0.15) is 10.5 Å². The van der Waals surface area contributed by atoms with E-state index in [1.165, 1.54) is 18.2 Å². The van der Waals surface area contributed by atoms with E-state index in [0.29, 0.717) is 4.57 Å². The predicted octanol–water partition coefficient (Wildman–Crippen LogP) is 1.57. The van der Waals surface area contributed by atoms with Crippen molar-refractivity contribution < 1.29 is 24.9 Å². The van der Waals surface area contributed by atoms with Gasteiger partial charge in [0, 0.05) is 5.39 Å². The lowest BCUT2D eigenvalue weighted by Crippen LogP contribution is -2.14. The van der Waals surface area contributed by atoms with Crippen LogP contribution in [0, 0.1) is 0 Å². The molecule has 0 saturated carbocycles. The van der Waals surface area contributed by atoms with E-state index in [0.717, 1.165) is 6.07 Å². The van der Waals surface area contributed by atoms with E-state index in [1.54, 1.807) is 0 Å². The molecule has 2 rings (SSSR count). The van der Waals surface area contributed by atoms with Crippen molar-refractivity contribution in [3.05, 3.63) is 30.0 Å². The van der Waals surface area contributed by atoms with E-state index in [2.05, 4.69) is 0 Å². The summed E-state index contributed by atoms with van der Waals surface area (Å²) in [4.78, 5) is 21.8. The summed E-state index contributed by atoms with van der Waals surface area (Å²) in [6.45, 7) is 0. The zero-order chi connectivity index (χ0) is 11.9. The highest BCUT2D eigenvalue weighted by molar-refractivity contribution is 6.02. The Morgan fingerprint density at radius 1 is 1.19 bits per heavy atom. The summed E-state index contributed by atoms with van der Waals surface area (Å²) in [6.07, 6.45) is -1.40. The van der Waals surface area contributed by atoms with Gasteiger partial charge in [0.15, 0.2) is 0 Å². The van der Waals surface area contributed by atoms with Crippen LogP contribution in [-0.2, 0) is 0 Å². The van der Waals surface area contributed by atoms with Crippen LogP contribution in [0.2, 0.25) is 0 Å². The summed E-state index contributed by atoms with van der Waals surface area (Å²) in [5.74, 6) is -1.52. The summed E-state index contributed by atoms with van der Waals surface area (Å²) in [7, 11) is 0. The first-order valence-electron chi connectivity index (χ1n) is 4.32. The number of carboxylic acids is 1. The van der Waals surface area contributed by atoms with Crippen molar-refractivity contribution in [3.63, 3.8) is 0 Å². The standard InChI is InChI=1S/C10H7NO5/c12-8-3-1-2-6-5(8)4-7(9(13)14)11(6)10(15)16/h1-4,12H,(H,13,14)(H,15,16). The number of hydrogen-bond acceptors (Lipinski definition) is 3. The van der Waals surface area contributed by atoms with Crippen molar-refractivity contribution in [1.29, 1.82) is 0 Å². The van der Waals surface area contributed by atoms with Gasteiger partial charge >= 0.3 is 12.1 Å². The molecule has 0 spiro atoms. The Hall–Kier alpha value is -2.50. The van der Waals surface area contributed by atoms with Crippen LogP contribution in [0.15, 0.2) is 24.3 Å². The highest BCUT2D eigenvalue weighted by atomic mass is 16.4. The molecule has 0 amide bonds. The molecule has 2 aromatic rings. The van der Waals surface area contributed by atoms with Crippen LogP contribution in [-0.4, -0.2) is 31.9 Å². The predicted molar refractivity (Wildman–Crippen MR) is 54.0 cm³/mol. The average Bonchev–Trinajstić information content (AvgIpc) is 2.58. The summed E-state index contributed by atoms with van der Waals surface area (Å²) >= 11 is 0. The van der Waals surface area contributed by atoms with Crippen LogP contribution in [0.5, 0.6) is 5.75 Å². The van der Waals surface area contributed by atoms with Crippen LogP contribution < -0.4 is 0 Å². The highest BCUT2D eigenvalue weighted by Gasteiger charge is 2.20. The number of aromatic nitrogens is 1. The molecule has 0 aliphatic rings. The highest BCUT2D eigenvalue weighted by Crippen LogP contribution is 2.27. The molecule has 0 atom stereocenters. The van der Waals surface area contributed by atoms with Gasteiger partial charge in [-0.15, -0.1) is 0 Å². The van der Waals surface area contributed by atoms with E-state index >= 15 is 0 Å². The molecule has 0 fully saturated rings. The van der Waals surface area contributed by atoms with Gasteiger partial charge in [-0.05, 0) is 18.2 Å². The van der Waals surface area contributed by atoms with Gasteiger partial charge in [0.1, 0.15) is 11.4 Å². The van der Waals surface area contributed by atoms with Crippen LogP contribution in [0.4, 0.5) is 4.79 Å². The van der Waals surface area contributed by atoms with E-state index in [-0.39, 0.29) is 16.7 Å². The van der Waals surface area contributed by atoms with Crippen molar-refractivity contribution in [2.45, 2.75) is 0 Å². The van der Waals surface area contributed by atoms with E-state index in [4.69, 9.17) is 10.2 Å². The Bertz CT molecular complexity index is 599. The molecule has 1 aromatic heterocycles. The minimum absolute atomic E-state index is 0.143. The normalized spacial score (nSPS) is 10.5. The molecule has 0 unspecified atom stereocenters. The number of fused-ring (bicyclic) bond motifs is 1. The Morgan fingerprint density at radius 3 is 2.44 bits per heavy atom. The molecule has 0 aliphatic carbocycles. The molecule has 0 aliphatic heterocycles. The monoisotopic (exact) mass is 221 g/mol. The first-order valence-corrected chi connectivity index (χ1v) is 4.32. The fourth-order valence-corrected chi connectivity index (χ4v) is 1.58. The molecule has 6 heteroatoms. The average molecular weight is 221 g/mol.